The number of anilines is 1. The van der Waals surface area contributed by atoms with E-state index >= 15 is 0 Å². The van der Waals surface area contributed by atoms with E-state index < -0.39 is 17.2 Å². The molecule has 0 unspecified atom stereocenters. The smallest absolute Gasteiger partial charge is 0.417 e. The third kappa shape index (κ3) is 3.43. The Labute approximate surface area is 187 Å². The Balaban J connectivity index is 1.35. The number of imidazole rings is 1. The van der Waals surface area contributed by atoms with Crippen molar-refractivity contribution in [3.8, 4) is 0 Å². The number of hydrogen-bond acceptors (Lipinski definition) is 5. The van der Waals surface area contributed by atoms with Crippen molar-refractivity contribution < 1.29 is 22.7 Å². The fourth-order valence-corrected chi connectivity index (χ4v) is 4.72. The van der Waals surface area contributed by atoms with E-state index in [1.165, 1.54) is 0 Å². The van der Waals surface area contributed by atoms with Gasteiger partial charge in [0.2, 0.25) is 0 Å². The molecular weight excluding hydrogens is 435 g/mol. The molecule has 0 bridgehead atoms. The maximum Gasteiger partial charge on any atom is 0.417 e. The van der Waals surface area contributed by atoms with Crippen LogP contribution in [-0.2, 0) is 22.7 Å². The third-order valence-electron chi connectivity index (χ3n) is 6.86. The molecule has 1 aliphatic heterocycles. The largest absolute Gasteiger partial charge is 0.446 e. The summed E-state index contributed by atoms with van der Waals surface area (Å²) in [6, 6.07) is 4.87. The molecule has 3 aromatic rings. The fourth-order valence-electron chi connectivity index (χ4n) is 4.72. The molecule has 33 heavy (non-hydrogen) atoms. The van der Waals surface area contributed by atoms with Crippen LogP contribution in [0.1, 0.15) is 61.3 Å². The van der Waals surface area contributed by atoms with Gasteiger partial charge in [0, 0.05) is 12.7 Å². The highest BCUT2D eigenvalue weighted by molar-refractivity contribution is 5.89. The van der Waals surface area contributed by atoms with Crippen LogP contribution in [0, 0.1) is 0 Å². The van der Waals surface area contributed by atoms with Gasteiger partial charge in [-0.25, -0.2) is 14.8 Å². The number of nitrogens with one attached hydrogen (secondary N) is 1. The molecule has 0 spiro atoms. The van der Waals surface area contributed by atoms with Crippen molar-refractivity contribution in [3.05, 3.63) is 47.2 Å². The summed E-state index contributed by atoms with van der Waals surface area (Å²) in [5, 5.41) is 0. The van der Waals surface area contributed by atoms with Gasteiger partial charge in [0.25, 0.3) is 0 Å². The second-order valence-corrected chi connectivity index (χ2v) is 9.11. The van der Waals surface area contributed by atoms with Gasteiger partial charge in [0.15, 0.2) is 5.65 Å². The van der Waals surface area contributed by atoms with E-state index in [0.29, 0.717) is 12.4 Å². The number of carbonyl (C=O) groups is 1. The molecule has 0 radical (unpaired) electrons. The number of carbonyl (C=O) groups excluding carboxylic acids is 1. The van der Waals surface area contributed by atoms with E-state index in [1.807, 2.05) is 12.1 Å². The van der Waals surface area contributed by atoms with Gasteiger partial charge in [-0.05, 0) is 56.7 Å². The average Bonchev–Trinajstić information content (AvgIpc) is 3.46. The first-order valence-corrected chi connectivity index (χ1v) is 11.3. The van der Waals surface area contributed by atoms with E-state index in [-0.39, 0.29) is 23.4 Å². The number of rotatable bonds is 3. The molecule has 6 rings (SSSR count). The quantitative estimate of drug-likeness (QED) is 0.605. The molecule has 3 aromatic heterocycles. The number of amides is 1. The number of hydrogen-bond donors (Lipinski definition) is 1. The van der Waals surface area contributed by atoms with Crippen LogP contribution in [0.3, 0.4) is 0 Å². The molecule has 4 heterocycles. The van der Waals surface area contributed by atoms with E-state index in [9.17, 15) is 18.0 Å². The first-order chi connectivity index (χ1) is 15.8. The highest BCUT2D eigenvalue weighted by atomic mass is 19.4. The number of alkyl halides is 3. The van der Waals surface area contributed by atoms with Crippen LogP contribution in [0.25, 0.3) is 11.2 Å². The Morgan fingerprint density at radius 3 is 2.70 bits per heavy atom. The second-order valence-electron chi connectivity index (χ2n) is 9.11. The molecule has 0 saturated heterocycles. The van der Waals surface area contributed by atoms with E-state index in [0.717, 1.165) is 74.3 Å². The molecule has 0 aromatic carbocycles. The number of aromatic nitrogens is 4. The molecule has 10 heteroatoms. The summed E-state index contributed by atoms with van der Waals surface area (Å²) in [6.45, 7) is 0.599. The van der Waals surface area contributed by atoms with Crippen molar-refractivity contribution in [1.29, 1.82) is 0 Å². The minimum absolute atomic E-state index is 0.0351. The van der Waals surface area contributed by atoms with Gasteiger partial charge in [0.1, 0.15) is 11.9 Å². The van der Waals surface area contributed by atoms with Crippen molar-refractivity contribution >= 4 is 22.9 Å². The molecule has 2 aliphatic carbocycles. The van der Waals surface area contributed by atoms with E-state index in [4.69, 9.17) is 9.72 Å². The number of aryl methyl sites for hydroxylation is 1. The summed E-state index contributed by atoms with van der Waals surface area (Å²) in [6.07, 6.45) is 2.00. The maximum absolute atomic E-state index is 13.1. The lowest BCUT2D eigenvalue weighted by molar-refractivity contribution is -0.137. The lowest BCUT2D eigenvalue weighted by Gasteiger charge is -2.40. The number of nitrogens with zero attached hydrogens (tertiary/aromatic N) is 4. The summed E-state index contributed by atoms with van der Waals surface area (Å²) in [5.74, 6) is 0.587. The standard InChI is InChI=1S/C23H22F3N5O2/c24-23(25,26)13-11-16-19(27-12-13)30-20(29-16)22(8-2-9-22)18-7-6-17-15(28-18)3-1-10-31(17)21(32)33-14-4-5-14/h6-7,11-12,14H,1-5,8-10H2,(H,27,29,30). The topological polar surface area (TPSA) is 84.0 Å². The number of halogens is 3. The number of H-pyrrole nitrogens is 1. The first-order valence-electron chi connectivity index (χ1n) is 11.3. The van der Waals surface area contributed by atoms with Gasteiger partial charge in [-0.15, -0.1) is 0 Å². The molecule has 2 fully saturated rings. The summed E-state index contributed by atoms with van der Waals surface area (Å²) in [5.41, 5.74) is 1.65. The molecule has 172 valence electrons. The monoisotopic (exact) mass is 457 g/mol. The molecular formula is C23H22F3N5O2. The van der Waals surface area contributed by atoms with Gasteiger partial charge in [-0.3, -0.25) is 9.88 Å². The van der Waals surface area contributed by atoms with E-state index in [1.54, 1.807) is 4.90 Å². The van der Waals surface area contributed by atoms with Crippen LogP contribution in [-0.4, -0.2) is 38.7 Å². The van der Waals surface area contributed by atoms with Gasteiger partial charge >= 0.3 is 12.3 Å². The summed E-state index contributed by atoms with van der Waals surface area (Å²) < 4.78 is 44.8. The minimum atomic E-state index is -4.47. The van der Waals surface area contributed by atoms with Crippen LogP contribution < -0.4 is 4.90 Å². The van der Waals surface area contributed by atoms with Crippen LogP contribution in [0.5, 0.6) is 0 Å². The molecule has 1 N–H and O–H groups in total. The Kier molecular flexibility index (Phi) is 4.44. The molecule has 2 saturated carbocycles. The summed E-state index contributed by atoms with van der Waals surface area (Å²) >= 11 is 0. The SMILES string of the molecule is O=C(OC1CC1)N1CCCc2nc(C3(c4nc5ncc(C(F)(F)F)cc5[nH]4)CCC3)ccc21. The molecule has 7 nitrogen and oxygen atoms in total. The van der Waals surface area contributed by atoms with Gasteiger partial charge < -0.3 is 9.72 Å². The minimum Gasteiger partial charge on any atom is -0.446 e. The lowest BCUT2D eigenvalue weighted by Crippen LogP contribution is -2.40. The van der Waals surface area contributed by atoms with Crippen molar-refractivity contribution in [2.45, 2.75) is 62.6 Å². The molecule has 0 atom stereocenters. The normalized spacial score (nSPS) is 19.8. The zero-order valence-corrected chi connectivity index (χ0v) is 17.8. The highest BCUT2D eigenvalue weighted by Gasteiger charge is 2.45. The van der Waals surface area contributed by atoms with Crippen molar-refractivity contribution in [2.24, 2.45) is 0 Å². The maximum atomic E-state index is 13.1. The Bertz CT molecular complexity index is 1250. The zero-order valence-electron chi connectivity index (χ0n) is 17.8. The predicted octanol–water partition coefficient (Wildman–Crippen LogP) is 4.89. The fraction of sp³-hybridized carbons (Fsp3) is 0.478. The first kappa shape index (κ1) is 20.4. The number of pyridine rings is 2. The number of fused-ring (bicyclic) bond motifs is 2. The van der Waals surface area contributed by atoms with Gasteiger partial charge in [-0.1, -0.05) is 6.42 Å². The highest BCUT2D eigenvalue weighted by Crippen LogP contribution is 2.48. The van der Waals surface area contributed by atoms with Gasteiger partial charge in [-0.2, -0.15) is 13.2 Å². The predicted molar refractivity (Wildman–Crippen MR) is 113 cm³/mol. The summed E-state index contributed by atoms with van der Waals surface area (Å²) in [4.78, 5) is 30.7. The van der Waals surface area contributed by atoms with Crippen LogP contribution >= 0.6 is 0 Å². The Morgan fingerprint density at radius 2 is 2.00 bits per heavy atom. The van der Waals surface area contributed by atoms with Crippen molar-refractivity contribution in [1.82, 2.24) is 19.9 Å². The number of ether oxygens (including phenoxy) is 1. The van der Waals surface area contributed by atoms with Crippen LogP contribution in [0.2, 0.25) is 0 Å². The van der Waals surface area contributed by atoms with Crippen molar-refractivity contribution in [3.63, 3.8) is 0 Å². The lowest BCUT2D eigenvalue weighted by atomic mass is 9.65. The average molecular weight is 457 g/mol. The van der Waals surface area contributed by atoms with Crippen LogP contribution in [0.4, 0.5) is 23.7 Å². The van der Waals surface area contributed by atoms with Crippen LogP contribution in [0.15, 0.2) is 24.4 Å². The van der Waals surface area contributed by atoms with Gasteiger partial charge in [0.05, 0.1) is 33.6 Å². The summed E-state index contributed by atoms with van der Waals surface area (Å²) in [7, 11) is 0. The molecule has 3 aliphatic rings. The van der Waals surface area contributed by atoms with Crippen molar-refractivity contribution in [2.75, 3.05) is 11.4 Å². The second kappa shape index (κ2) is 7.16. The van der Waals surface area contributed by atoms with E-state index in [2.05, 4.69) is 15.0 Å². The zero-order chi connectivity index (χ0) is 22.8. The molecule has 1 amide bonds. The Hall–Kier alpha value is -3.17. The number of aromatic amines is 1. The Morgan fingerprint density at radius 1 is 1.18 bits per heavy atom. The third-order valence-corrected chi connectivity index (χ3v) is 6.86.